The molecule has 0 aromatic heterocycles. The van der Waals surface area contributed by atoms with E-state index in [2.05, 4.69) is 28.9 Å². The summed E-state index contributed by atoms with van der Waals surface area (Å²) in [4.78, 5) is 11.1. The Morgan fingerprint density at radius 2 is 1.89 bits per heavy atom. The number of hydrogen-bond acceptors (Lipinski definition) is 1. The summed E-state index contributed by atoms with van der Waals surface area (Å²) in [5, 5.41) is 9.13. The van der Waals surface area contributed by atoms with Gasteiger partial charge >= 0.3 is 5.97 Å². The maximum atomic E-state index is 11.1. The van der Waals surface area contributed by atoms with Gasteiger partial charge in [-0.2, -0.15) is 0 Å². The van der Waals surface area contributed by atoms with Crippen molar-refractivity contribution in [1.29, 1.82) is 0 Å². The van der Waals surface area contributed by atoms with Crippen LogP contribution in [-0.4, -0.2) is 11.1 Å². The van der Waals surface area contributed by atoms with E-state index in [4.69, 9.17) is 5.11 Å². The highest BCUT2D eigenvalue weighted by Gasteiger charge is 2.11. The van der Waals surface area contributed by atoms with Crippen molar-refractivity contribution in [2.24, 2.45) is 0 Å². The molecule has 92 valence electrons. The van der Waals surface area contributed by atoms with Gasteiger partial charge in [0.25, 0.3) is 0 Å². The molecule has 1 N–H and O–H groups in total. The number of aryl methyl sites for hydroxylation is 1. The Balaban J connectivity index is 2.62. The van der Waals surface area contributed by atoms with Gasteiger partial charge in [-0.1, -0.05) is 24.3 Å². The quantitative estimate of drug-likeness (QED) is 0.891. The van der Waals surface area contributed by atoms with E-state index in [1.165, 1.54) is 11.1 Å². The maximum Gasteiger partial charge on any atom is 0.336 e. The average molecular weight is 305 g/mol. The van der Waals surface area contributed by atoms with Crippen LogP contribution >= 0.6 is 15.9 Å². The Morgan fingerprint density at radius 3 is 2.56 bits per heavy atom. The SMILES string of the molecule is Cc1cccc(-c2ccc(Br)c(C(=O)O)c2)c1C. The van der Waals surface area contributed by atoms with Crippen molar-refractivity contribution in [1.82, 2.24) is 0 Å². The lowest BCUT2D eigenvalue weighted by molar-refractivity contribution is 0.0696. The number of carboxylic acids is 1. The number of benzene rings is 2. The van der Waals surface area contributed by atoms with Crippen LogP contribution < -0.4 is 0 Å². The lowest BCUT2D eigenvalue weighted by atomic mass is 9.96. The number of hydrogen-bond donors (Lipinski definition) is 1. The first-order valence-corrected chi connectivity index (χ1v) is 6.39. The first kappa shape index (κ1) is 12.8. The molecule has 0 aliphatic carbocycles. The zero-order valence-electron chi connectivity index (χ0n) is 10.2. The van der Waals surface area contributed by atoms with E-state index in [1.807, 2.05) is 25.1 Å². The molecule has 0 atom stereocenters. The molecule has 0 unspecified atom stereocenters. The van der Waals surface area contributed by atoms with Crippen LogP contribution in [0.5, 0.6) is 0 Å². The highest BCUT2D eigenvalue weighted by atomic mass is 79.9. The summed E-state index contributed by atoms with van der Waals surface area (Å²) >= 11 is 3.26. The van der Waals surface area contributed by atoms with Gasteiger partial charge in [-0.3, -0.25) is 0 Å². The summed E-state index contributed by atoms with van der Waals surface area (Å²) in [6, 6.07) is 11.5. The zero-order valence-corrected chi connectivity index (χ0v) is 11.8. The molecule has 2 aromatic carbocycles. The van der Waals surface area contributed by atoms with Crippen molar-refractivity contribution in [2.75, 3.05) is 0 Å². The van der Waals surface area contributed by atoms with E-state index in [1.54, 1.807) is 12.1 Å². The first-order chi connectivity index (χ1) is 8.50. The summed E-state index contributed by atoms with van der Waals surface area (Å²) in [7, 11) is 0. The lowest BCUT2D eigenvalue weighted by Crippen LogP contribution is -1.98. The lowest BCUT2D eigenvalue weighted by Gasteiger charge is -2.10. The Bertz CT molecular complexity index is 618. The van der Waals surface area contributed by atoms with Crippen molar-refractivity contribution < 1.29 is 9.90 Å². The molecular formula is C15H13BrO2. The minimum Gasteiger partial charge on any atom is -0.478 e. The molecule has 2 nitrogen and oxygen atoms in total. The summed E-state index contributed by atoms with van der Waals surface area (Å²) < 4.78 is 0.601. The molecule has 0 bridgehead atoms. The van der Waals surface area contributed by atoms with Crippen LogP contribution in [0.2, 0.25) is 0 Å². The van der Waals surface area contributed by atoms with Crippen molar-refractivity contribution in [3.05, 3.63) is 57.6 Å². The molecular weight excluding hydrogens is 292 g/mol. The molecule has 0 saturated heterocycles. The number of rotatable bonds is 2. The monoisotopic (exact) mass is 304 g/mol. The van der Waals surface area contributed by atoms with Crippen LogP contribution in [-0.2, 0) is 0 Å². The summed E-state index contributed by atoms with van der Waals surface area (Å²) in [6.45, 7) is 4.10. The van der Waals surface area contributed by atoms with E-state index >= 15 is 0 Å². The number of aromatic carboxylic acids is 1. The normalized spacial score (nSPS) is 10.4. The van der Waals surface area contributed by atoms with Crippen molar-refractivity contribution in [3.63, 3.8) is 0 Å². The Hall–Kier alpha value is -1.61. The second-order valence-electron chi connectivity index (χ2n) is 4.25. The number of carboxylic acid groups (broad SMARTS) is 1. The minimum absolute atomic E-state index is 0.286. The van der Waals surface area contributed by atoms with E-state index in [-0.39, 0.29) is 5.56 Å². The standard InChI is InChI=1S/C15H13BrO2/c1-9-4-3-5-12(10(9)2)11-6-7-14(16)13(8-11)15(17)18/h3-8H,1-2H3,(H,17,18). The van der Waals surface area contributed by atoms with E-state index in [0.717, 1.165) is 11.1 Å². The van der Waals surface area contributed by atoms with Crippen LogP contribution in [0.1, 0.15) is 21.5 Å². The van der Waals surface area contributed by atoms with Crippen LogP contribution in [0.15, 0.2) is 40.9 Å². The first-order valence-electron chi connectivity index (χ1n) is 5.60. The van der Waals surface area contributed by atoms with Gasteiger partial charge in [-0.15, -0.1) is 0 Å². The van der Waals surface area contributed by atoms with Gasteiger partial charge in [0.15, 0.2) is 0 Å². The number of halogens is 1. The van der Waals surface area contributed by atoms with Gasteiger partial charge in [0.05, 0.1) is 5.56 Å². The predicted molar refractivity (Wildman–Crippen MR) is 76.0 cm³/mol. The molecule has 0 aliphatic rings. The second kappa shape index (κ2) is 4.94. The fourth-order valence-electron chi connectivity index (χ4n) is 1.92. The van der Waals surface area contributed by atoms with E-state index in [9.17, 15) is 4.79 Å². The third-order valence-electron chi connectivity index (χ3n) is 3.11. The van der Waals surface area contributed by atoms with Crippen molar-refractivity contribution in [3.8, 4) is 11.1 Å². The average Bonchev–Trinajstić information content (AvgIpc) is 2.33. The molecule has 3 heteroatoms. The van der Waals surface area contributed by atoms with Crippen molar-refractivity contribution >= 4 is 21.9 Å². The smallest absolute Gasteiger partial charge is 0.336 e. The fourth-order valence-corrected chi connectivity index (χ4v) is 2.34. The molecule has 0 amide bonds. The van der Waals surface area contributed by atoms with Gasteiger partial charge < -0.3 is 5.11 Å². The van der Waals surface area contributed by atoms with Crippen molar-refractivity contribution in [2.45, 2.75) is 13.8 Å². The molecule has 0 heterocycles. The summed E-state index contributed by atoms with van der Waals surface area (Å²) in [6.07, 6.45) is 0. The molecule has 0 saturated carbocycles. The van der Waals surface area contributed by atoms with Gasteiger partial charge in [-0.05, 0) is 64.2 Å². The Labute approximate surface area is 114 Å². The Kier molecular flexibility index (Phi) is 3.53. The minimum atomic E-state index is -0.922. The molecule has 0 radical (unpaired) electrons. The van der Waals surface area contributed by atoms with Gasteiger partial charge in [0.1, 0.15) is 0 Å². The summed E-state index contributed by atoms with van der Waals surface area (Å²) in [5.74, 6) is -0.922. The predicted octanol–water partition coefficient (Wildman–Crippen LogP) is 4.43. The largest absolute Gasteiger partial charge is 0.478 e. The van der Waals surface area contributed by atoms with E-state index in [0.29, 0.717) is 4.47 Å². The van der Waals surface area contributed by atoms with Gasteiger partial charge in [0.2, 0.25) is 0 Å². The zero-order chi connectivity index (χ0) is 13.3. The molecule has 0 aliphatic heterocycles. The fraction of sp³-hybridized carbons (Fsp3) is 0.133. The summed E-state index contributed by atoms with van der Waals surface area (Å²) in [5.41, 5.74) is 4.67. The number of carbonyl (C=O) groups is 1. The second-order valence-corrected chi connectivity index (χ2v) is 5.10. The molecule has 18 heavy (non-hydrogen) atoms. The third kappa shape index (κ3) is 2.31. The third-order valence-corrected chi connectivity index (χ3v) is 3.80. The van der Waals surface area contributed by atoms with Crippen LogP contribution in [0.4, 0.5) is 0 Å². The molecule has 0 spiro atoms. The van der Waals surface area contributed by atoms with E-state index < -0.39 is 5.97 Å². The molecule has 2 rings (SSSR count). The van der Waals surface area contributed by atoms with Crippen LogP contribution in [0.3, 0.4) is 0 Å². The van der Waals surface area contributed by atoms with Gasteiger partial charge in [-0.25, -0.2) is 4.79 Å². The topological polar surface area (TPSA) is 37.3 Å². The highest BCUT2D eigenvalue weighted by Crippen LogP contribution is 2.29. The van der Waals surface area contributed by atoms with Crippen LogP contribution in [0.25, 0.3) is 11.1 Å². The Morgan fingerprint density at radius 1 is 1.17 bits per heavy atom. The maximum absolute atomic E-state index is 11.1. The molecule has 0 fully saturated rings. The van der Waals surface area contributed by atoms with Crippen LogP contribution in [0, 0.1) is 13.8 Å². The molecule has 2 aromatic rings. The van der Waals surface area contributed by atoms with Gasteiger partial charge in [0, 0.05) is 4.47 Å². The highest BCUT2D eigenvalue weighted by molar-refractivity contribution is 9.10.